The smallest absolute Gasteiger partial charge is 0.221 e. The summed E-state index contributed by atoms with van der Waals surface area (Å²) in [6.07, 6.45) is 0.277. The van der Waals surface area contributed by atoms with Crippen LogP contribution >= 0.6 is 0 Å². The molecule has 0 aliphatic rings. The van der Waals surface area contributed by atoms with Crippen LogP contribution in [0.1, 0.15) is 39.7 Å². The Morgan fingerprint density at radius 3 is 2.50 bits per heavy atom. The lowest BCUT2D eigenvalue weighted by molar-refractivity contribution is -0.121. The zero-order valence-electron chi connectivity index (χ0n) is 13.9. The molecule has 1 rings (SSSR count). The normalized spacial score (nSPS) is 10.9. The monoisotopic (exact) mass is 306 g/mol. The number of hydrogen-bond acceptors (Lipinski definition) is 3. The molecule has 1 aromatic carbocycles. The molecule has 1 aromatic rings. The lowest BCUT2D eigenvalue weighted by Crippen LogP contribution is -2.31. The minimum atomic E-state index is -0.130. The average Bonchev–Trinajstić information content (AvgIpc) is 2.42. The molecule has 0 atom stereocenters. The van der Waals surface area contributed by atoms with Gasteiger partial charge in [-0.05, 0) is 23.1 Å². The van der Waals surface area contributed by atoms with Gasteiger partial charge in [0, 0.05) is 19.9 Å². The summed E-state index contributed by atoms with van der Waals surface area (Å²) in [6, 6.07) is 7.99. The summed E-state index contributed by atoms with van der Waals surface area (Å²) in [5, 5.41) is 5.34. The van der Waals surface area contributed by atoms with Crippen molar-refractivity contribution in [3.05, 3.63) is 29.8 Å². The minimum absolute atomic E-state index is 0.0807. The van der Waals surface area contributed by atoms with E-state index in [0.717, 1.165) is 5.75 Å². The maximum atomic E-state index is 11.5. The van der Waals surface area contributed by atoms with E-state index in [1.165, 1.54) is 12.5 Å². The Morgan fingerprint density at radius 2 is 1.86 bits per heavy atom. The number of nitrogens with one attached hydrogen (secondary N) is 2. The number of rotatable bonds is 7. The molecule has 2 N–H and O–H groups in total. The van der Waals surface area contributed by atoms with Crippen molar-refractivity contribution in [2.45, 2.75) is 39.5 Å². The molecule has 0 radical (unpaired) electrons. The molecule has 5 nitrogen and oxygen atoms in total. The second kappa shape index (κ2) is 8.41. The second-order valence-corrected chi connectivity index (χ2v) is 6.21. The molecule has 0 aromatic heterocycles. The topological polar surface area (TPSA) is 67.4 Å². The summed E-state index contributed by atoms with van der Waals surface area (Å²) in [7, 11) is 0. The number of hydrogen-bond donors (Lipinski definition) is 2. The van der Waals surface area contributed by atoms with Crippen molar-refractivity contribution < 1.29 is 14.3 Å². The number of benzene rings is 1. The predicted octanol–water partition coefficient (Wildman–Crippen LogP) is 2.01. The van der Waals surface area contributed by atoms with Crippen molar-refractivity contribution in [1.82, 2.24) is 10.6 Å². The van der Waals surface area contributed by atoms with Gasteiger partial charge in [-0.15, -0.1) is 0 Å². The SMILES string of the molecule is CC(=O)NCCC(=O)NCCOc1cccc(C(C)(C)C)c1. The summed E-state index contributed by atoms with van der Waals surface area (Å²) in [4.78, 5) is 22.2. The van der Waals surface area contributed by atoms with Gasteiger partial charge < -0.3 is 15.4 Å². The molecule has 5 heteroatoms. The Hall–Kier alpha value is -2.04. The molecule has 22 heavy (non-hydrogen) atoms. The molecule has 0 unspecified atom stereocenters. The van der Waals surface area contributed by atoms with E-state index in [0.29, 0.717) is 19.7 Å². The van der Waals surface area contributed by atoms with Crippen LogP contribution in [0.4, 0.5) is 0 Å². The first-order valence-corrected chi connectivity index (χ1v) is 7.53. The van der Waals surface area contributed by atoms with Gasteiger partial charge in [0.1, 0.15) is 12.4 Å². The van der Waals surface area contributed by atoms with Crippen LogP contribution in [0.2, 0.25) is 0 Å². The van der Waals surface area contributed by atoms with Gasteiger partial charge >= 0.3 is 0 Å². The fraction of sp³-hybridized carbons (Fsp3) is 0.529. The van der Waals surface area contributed by atoms with Crippen molar-refractivity contribution in [2.24, 2.45) is 0 Å². The average molecular weight is 306 g/mol. The molecule has 0 saturated carbocycles. The molecule has 0 heterocycles. The van der Waals surface area contributed by atoms with Crippen LogP contribution in [0.5, 0.6) is 5.75 Å². The molecule has 122 valence electrons. The maximum absolute atomic E-state index is 11.5. The Labute approximate surface area is 132 Å². The minimum Gasteiger partial charge on any atom is -0.492 e. The Bertz CT molecular complexity index is 507. The van der Waals surface area contributed by atoms with Crippen molar-refractivity contribution in [1.29, 1.82) is 0 Å². The molecule has 0 aliphatic heterocycles. The van der Waals surface area contributed by atoms with Crippen molar-refractivity contribution in [2.75, 3.05) is 19.7 Å². The maximum Gasteiger partial charge on any atom is 0.221 e. The highest BCUT2D eigenvalue weighted by Gasteiger charge is 2.13. The van der Waals surface area contributed by atoms with Crippen molar-refractivity contribution >= 4 is 11.8 Å². The number of carbonyl (C=O) groups excluding carboxylic acids is 2. The lowest BCUT2D eigenvalue weighted by Gasteiger charge is -2.19. The van der Waals surface area contributed by atoms with E-state index in [1.54, 1.807) is 0 Å². The quantitative estimate of drug-likeness (QED) is 0.757. The zero-order chi connectivity index (χ0) is 16.6. The van der Waals surface area contributed by atoms with Crippen LogP contribution < -0.4 is 15.4 Å². The molecule has 0 spiro atoms. The molecular formula is C17H26N2O3. The standard InChI is InChI=1S/C17H26N2O3/c1-13(20)18-9-8-16(21)19-10-11-22-15-7-5-6-14(12-15)17(2,3)4/h5-7,12H,8-11H2,1-4H3,(H,18,20)(H,19,21). The van der Waals surface area contributed by atoms with Crippen LogP contribution in [0.25, 0.3) is 0 Å². The van der Waals surface area contributed by atoms with E-state index in [1.807, 2.05) is 18.2 Å². The number of amides is 2. The summed E-state index contributed by atoms with van der Waals surface area (Å²) in [5.41, 5.74) is 1.29. The molecule has 0 fully saturated rings. The fourth-order valence-corrected chi connectivity index (χ4v) is 1.85. The summed E-state index contributed by atoms with van der Waals surface area (Å²) >= 11 is 0. The summed E-state index contributed by atoms with van der Waals surface area (Å²) in [5.74, 6) is 0.579. The first kappa shape index (κ1) is 18.0. The van der Waals surface area contributed by atoms with E-state index >= 15 is 0 Å². The fourth-order valence-electron chi connectivity index (χ4n) is 1.85. The van der Waals surface area contributed by atoms with Gasteiger partial charge in [0.25, 0.3) is 0 Å². The largest absolute Gasteiger partial charge is 0.492 e. The van der Waals surface area contributed by atoms with Crippen molar-refractivity contribution in [3.8, 4) is 5.75 Å². The molecule has 2 amide bonds. The van der Waals surface area contributed by atoms with Crippen molar-refractivity contribution in [3.63, 3.8) is 0 Å². The van der Waals surface area contributed by atoms with Gasteiger partial charge in [-0.25, -0.2) is 0 Å². The zero-order valence-corrected chi connectivity index (χ0v) is 13.9. The molecule has 0 saturated heterocycles. The molecular weight excluding hydrogens is 280 g/mol. The Kier molecular flexibility index (Phi) is 6.89. The molecule has 0 bridgehead atoms. The van der Waals surface area contributed by atoms with Crippen LogP contribution in [0.15, 0.2) is 24.3 Å². The highest BCUT2D eigenvalue weighted by atomic mass is 16.5. The van der Waals surface area contributed by atoms with Crippen LogP contribution in [0, 0.1) is 0 Å². The van der Waals surface area contributed by atoms with E-state index < -0.39 is 0 Å². The highest BCUT2D eigenvalue weighted by molar-refractivity contribution is 5.77. The van der Waals surface area contributed by atoms with Crippen LogP contribution in [-0.4, -0.2) is 31.5 Å². The first-order valence-electron chi connectivity index (χ1n) is 7.53. The van der Waals surface area contributed by atoms with E-state index in [4.69, 9.17) is 4.74 Å². The summed E-state index contributed by atoms with van der Waals surface area (Å²) in [6.45, 7) is 9.11. The third kappa shape index (κ3) is 7.11. The second-order valence-electron chi connectivity index (χ2n) is 6.21. The third-order valence-electron chi connectivity index (χ3n) is 3.12. The van der Waals surface area contributed by atoms with Crippen LogP contribution in [0.3, 0.4) is 0 Å². The Morgan fingerprint density at radius 1 is 1.14 bits per heavy atom. The van der Waals surface area contributed by atoms with Gasteiger partial charge in [0.05, 0.1) is 6.54 Å². The van der Waals surface area contributed by atoms with Gasteiger partial charge in [-0.1, -0.05) is 32.9 Å². The molecule has 0 aliphatic carbocycles. The summed E-state index contributed by atoms with van der Waals surface area (Å²) < 4.78 is 5.65. The lowest BCUT2D eigenvalue weighted by atomic mass is 9.87. The van der Waals surface area contributed by atoms with Crippen LogP contribution in [-0.2, 0) is 15.0 Å². The van der Waals surface area contributed by atoms with E-state index in [2.05, 4.69) is 37.5 Å². The van der Waals surface area contributed by atoms with Gasteiger partial charge in [0.2, 0.25) is 11.8 Å². The third-order valence-corrected chi connectivity index (χ3v) is 3.12. The van der Waals surface area contributed by atoms with Gasteiger partial charge in [-0.2, -0.15) is 0 Å². The first-order chi connectivity index (χ1) is 10.3. The van der Waals surface area contributed by atoms with E-state index in [9.17, 15) is 9.59 Å². The predicted molar refractivity (Wildman–Crippen MR) is 86.9 cm³/mol. The number of ether oxygens (including phenoxy) is 1. The Balaban J connectivity index is 2.27. The van der Waals surface area contributed by atoms with E-state index in [-0.39, 0.29) is 23.7 Å². The van der Waals surface area contributed by atoms with Gasteiger partial charge in [-0.3, -0.25) is 9.59 Å². The van der Waals surface area contributed by atoms with Gasteiger partial charge in [0.15, 0.2) is 0 Å². The number of carbonyl (C=O) groups is 2. The highest BCUT2D eigenvalue weighted by Crippen LogP contribution is 2.25.